The van der Waals surface area contributed by atoms with E-state index in [1.54, 1.807) is 24.5 Å². The van der Waals surface area contributed by atoms with Crippen molar-refractivity contribution in [3.8, 4) is 0 Å². The molecule has 0 saturated heterocycles. The number of amides is 1. The van der Waals surface area contributed by atoms with Crippen LogP contribution >= 0.6 is 0 Å². The molecule has 0 saturated carbocycles. The molecule has 0 spiro atoms. The summed E-state index contributed by atoms with van der Waals surface area (Å²) in [4.78, 5) is 15.0. The zero-order valence-corrected chi connectivity index (χ0v) is 8.19. The quantitative estimate of drug-likeness (QED) is 0.749. The summed E-state index contributed by atoms with van der Waals surface area (Å²) >= 11 is 0. The molecule has 0 aliphatic carbocycles. The van der Waals surface area contributed by atoms with E-state index in [9.17, 15) is 4.79 Å². The highest BCUT2D eigenvalue weighted by Gasteiger charge is 2.01. The van der Waals surface area contributed by atoms with Crippen molar-refractivity contribution in [2.45, 2.75) is 19.8 Å². The third-order valence-corrected chi connectivity index (χ3v) is 1.64. The van der Waals surface area contributed by atoms with Crippen molar-refractivity contribution in [2.75, 3.05) is 11.9 Å². The van der Waals surface area contributed by atoms with Crippen molar-refractivity contribution < 1.29 is 9.53 Å². The van der Waals surface area contributed by atoms with Gasteiger partial charge in [0.1, 0.15) is 0 Å². The highest BCUT2D eigenvalue weighted by Crippen LogP contribution is 2.03. The molecule has 4 heteroatoms. The summed E-state index contributed by atoms with van der Waals surface area (Å²) < 4.78 is 4.91. The summed E-state index contributed by atoms with van der Waals surface area (Å²) in [6.07, 6.45) is 4.70. The summed E-state index contributed by atoms with van der Waals surface area (Å²) in [5, 5.41) is 2.58. The topological polar surface area (TPSA) is 51.2 Å². The fourth-order valence-corrected chi connectivity index (χ4v) is 0.900. The second-order valence-corrected chi connectivity index (χ2v) is 2.86. The van der Waals surface area contributed by atoms with Gasteiger partial charge in [-0.25, -0.2) is 4.79 Å². The van der Waals surface area contributed by atoms with Gasteiger partial charge in [0.05, 0.1) is 18.5 Å². The molecule has 0 aromatic carbocycles. The van der Waals surface area contributed by atoms with Crippen molar-refractivity contribution in [3.63, 3.8) is 0 Å². The molecule has 4 nitrogen and oxygen atoms in total. The van der Waals surface area contributed by atoms with Crippen LogP contribution < -0.4 is 5.32 Å². The van der Waals surface area contributed by atoms with E-state index < -0.39 is 6.09 Å². The Labute approximate surface area is 83.3 Å². The number of pyridine rings is 1. The number of hydrogen-bond donors (Lipinski definition) is 1. The first-order chi connectivity index (χ1) is 6.83. The Balaban J connectivity index is 2.27. The Hall–Kier alpha value is -1.58. The predicted molar refractivity (Wildman–Crippen MR) is 54.1 cm³/mol. The van der Waals surface area contributed by atoms with Gasteiger partial charge in [-0.05, 0) is 18.6 Å². The van der Waals surface area contributed by atoms with E-state index in [4.69, 9.17) is 4.74 Å². The van der Waals surface area contributed by atoms with Gasteiger partial charge in [0.25, 0.3) is 0 Å². The Bertz CT molecular complexity index is 275. The fraction of sp³-hybridized carbons (Fsp3) is 0.400. The lowest BCUT2D eigenvalue weighted by molar-refractivity contribution is 0.160. The predicted octanol–water partition coefficient (Wildman–Crippen LogP) is 2.43. The normalized spacial score (nSPS) is 9.50. The molecule has 0 aliphatic rings. The van der Waals surface area contributed by atoms with Crippen molar-refractivity contribution in [2.24, 2.45) is 0 Å². The standard InChI is InChI=1S/C10H14N2O2/c1-2-3-7-14-10(13)12-9-5-4-6-11-8-9/h4-6,8H,2-3,7H2,1H3,(H,12,13). The fourth-order valence-electron chi connectivity index (χ4n) is 0.900. The molecule has 0 unspecified atom stereocenters. The molecular formula is C10H14N2O2. The van der Waals surface area contributed by atoms with Crippen LogP contribution in [-0.4, -0.2) is 17.7 Å². The summed E-state index contributed by atoms with van der Waals surface area (Å²) in [6.45, 7) is 2.50. The molecule has 1 aromatic rings. The molecule has 1 heterocycles. The first-order valence-corrected chi connectivity index (χ1v) is 4.66. The number of nitrogens with one attached hydrogen (secondary N) is 1. The van der Waals surface area contributed by atoms with E-state index in [1.807, 2.05) is 6.92 Å². The van der Waals surface area contributed by atoms with E-state index in [1.165, 1.54) is 0 Å². The van der Waals surface area contributed by atoms with Crippen LogP contribution in [0.1, 0.15) is 19.8 Å². The monoisotopic (exact) mass is 194 g/mol. The number of hydrogen-bond acceptors (Lipinski definition) is 3. The van der Waals surface area contributed by atoms with Crippen LogP contribution in [0.4, 0.5) is 10.5 Å². The maximum Gasteiger partial charge on any atom is 0.411 e. The molecule has 76 valence electrons. The lowest BCUT2D eigenvalue weighted by Gasteiger charge is -2.05. The van der Waals surface area contributed by atoms with Crippen molar-refractivity contribution >= 4 is 11.8 Å². The number of carbonyl (C=O) groups excluding carboxylic acids is 1. The first kappa shape index (κ1) is 10.5. The van der Waals surface area contributed by atoms with Gasteiger partial charge in [0, 0.05) is 6.20 Å². The summed E-state index contributed by atoms with van der Waals surface area (Å²) in [7, 11) is 0. The Kier molecular flexibility index (Phi) is 4.47. The van der Waals surface area contributed by atoms with E-state index in [0.717, 1.165) is 12.8 Å². The van der Waals surface area contributed by atoms with E-state index in [-0.39, 0.29) is 0 Å². The number of rotatable bonds is 4. The minimum absolute atomic E-state index is 0.425. The summed E-state index contributed by atoms with van der Waals surface area (Å²) in [5.74, 6) is 0. The minimum atomic E-state index is -0.425. The molecule has 1 rings (SSSR count). The zero-order chi connectivity index (χ0) is 10.2. The average molecular weight is 194 g/mol. The number of aromatic nitrogens is 1. The van der Waals surface area contributed by atoms with Gasteiger partial charge in [0.15, 0.2) is 0 Å². The Morgan fingerprint density at radius 3 is 3.14 bits per heavy atom. The maximum atomic E-state index is 11.1. The first-order valence-electron chi connectivity index (χ1n) is 4.66. The molecule has 1 N–H and O–H groups in total. The van der Waals surface area contributed by atoms with Crippen LogP contribution in [0.15, 0.2) is 24.5 Å². The van der Waals surface area contributed by atoms with Crippen LogP contribution in [0.25, 0.3) is 0 Å². The SMILES string of the molecule is CCCCOC(=O)Nc1cccnc1. The van der Waals surface area contributed by atoms with Crippen LogP contribution in [0.5, 0.6) is 0 Å². The van der Waals surface area contributed by atoms with E-state index in [0.29, 0.717) is 12.3 Å². The lowest BCUT2D eigenvalue weighted by Crippen LogP contribution is -2.14. The van der Waals surface area contributed by atoms with Crippen LogP contribution in [-0.2, 0) is 4.74 Å². The molecule has 1 aromatic heterocycles. The smallest absolute Gasteiger partial charge is 0.411 e. The molecule has 0 atom stereocenters. The third kappa shape index (κ3) is 3.89. The van der Waals surface area contributed by atoms with Crippen molar-refractivity contribution in [3.05, 3.63) is 24.5 Å². The van der Waals surface area contributed by atoms with Crippen LogP contribution in [0, 0.1) is 0 Å². The number of carbonyl (C=O) groups is 1. The molecule has 0 radical (unpaired) electrons. The van der Waals surface area contributed by atoms with Crippen LogP contribution in [0.2, 0.25) is 0 Å². The van der Waals surface area contributed by atoms with Gasteiger partial charge in [0.2, 0.25) is 0 Å². The lowest BCUT2D eigenvalue weighted by atomic mass is 10.4. The van der Waals surface area contributed by atoms with Gasteiger partial charge < -0.3 is 4.74 Å². The van der Waals surface area contributed by atoms with Gasteiger partial charge in [-0.1, -0.05) is 13.3 Å². The number of nitrogens with zero attached hydrogens (tertiary/aromatic N) is 1. The molecule has 0 fully saturated rings. The van der Waals surface area contributed by atoms with Gasteiger partial charge in [-0.3, -0.25) is 10.3 Å². The third-order valence-electron chi connectivity index (χ3n) is 1.64. The maximum absolute atomic E-state index is 11.1. The Morgan fingerprint density at radius 1 is 1.64 bits per heavy atom. The van der Waals surface area contributed by atoms with Crippen LogP contribution in [0.3, 0.4) is 0 Å². The van der Waals surface area contributed by atoms with Crippen molar-refractivity contribution in [1.82, 2.24) is 4.98 Å². The highest BCUT2D eigenvalue weighted by molar-refractivity contribution is 5.84. The Morgan fingerprint density at radius 2 is 2.50 bits per heavy atom. The largest absolute Gasteiger partial charge is 0.449 e. The number of anilines is 1. The van der Waals surface area contributed by atoms with Gasteiger partial charge in [-0.2, -0.15) is 0 Å². The second kappa shape index (κ2) is 5.96. The second-order valence-electron chi connectivity index (χ2n) is 2.86. The number of unbranched alkanes of at least 4 members (excludes halogenated alkanes) is 1. The number of ether oxygens (including phenoxy) is 1. The zero-order valence-electron chi connectivity index (χ0n) is 8.19. The highest BCUT2D eigenvalue weighted by atomic mass is 16.5. The van der Waals surface area contributed by atoms with E-state index in [2.05, 4.69) is 10.3 Å². The average Bonchev–Trinajstić information content (AvgIpc) is 2.20. The summed E-state index contributed by atoms with van der Waals surface area (Å²) in [5.41, 5.74) is 0.647. The molecule has 14 heavy (non-hydrogen) atoms. The van der Waals surface area contributed by atoms with Gasteiger partial charge in [-0.15, -0.1) is 0 Å². The summed E-state index contributed by atoms with van der Waals surface area (Å²) in [6, 6.07) is 3.51. The molecule has 0 bridgehead atoms. The molecular weight excluding hydrogens is 180 g/mol. The van der Waals surface area contributed by atoms with E-state index >= 15 is 0 Å². The van der Waals surface area contributed by atoms with Gasteiger partial charge >= 0.3 is 6.09 Å². The molecule has 1 amide bonds. The minimum Gasteiger partial charge on any atom is -0.449 e. The van der Waals surface area contributed by atoms with Crippen molar-refractivity contribution in [1.29, 1.82) is 0 Å². The molecule has 0 aliphatic heterocycles.